The molecule has 220 valence electrons. The molecule has 0 aromatic heterocycles. The predicted octanol–water partition coefficient (Wildman–Crippen LogP) is 5.20. The van der Waals surface area contributed by atoms with Gasteiger partial charge in [0.2, 0.25) is 0 Å². The molecule has 3 aromatic carbocycles. The molecule has 1 amide bonds. The highest BCUT2D eigenvalue weighted by Gasteiger charge is 2.46. The number of nitrogens with zero attached hydrogens (tertiary/aromatic N) is 2. The molecule has 8 nitrogen and oxygen atoms in total. The van der Waals surface area contributed by atoms with Crippen LogP contribution >= 0.6 is 0 Å². The number of unbranched alkanes of at least 4 members (excludes halogenated alkanes) is 1. The Bertz CT molecular complexity index is 1380. The third-order valence-electron chi connectivity index (χ3n) is 7.62. The topological polar surface area (TPSA) is 88.5 Å². The Morgan fingerprint density at radius 3 is 2.40 bits per heavy atom. The van der Waals surface area contributed by atoms with Crippen molar-refractivity contribution < 1.29 is 28.9 Å². The maximum Gasteiger partial charge on any atom is 0.295 e. The van der Waals surface area contributed by atoms with Crippen molar-refractivity contribution in [3.05, 3.63) is 101 Å². The summed E-state index contributed by atoms with van der Waals surface area (Å²) in [5.41, 5.74) is 2.28. The number of rotatable bonds is 12. The first-order valence-corrected chi connectivity index (χ1v) is 14.6. The lowest BCUT2D eigenvalue weighted by Crippen LogP contribution is -2.42. The van der Waals surface area contributed by atoms with E-state index >= 15 is 0 Å². The summed E-state index contributed by atoms with van der Waals surface area (Å²) >= 11 is 0. The van der Waals surface area contributed by atoms with E-state index in [-0.39, 0.29) is 11.3 Å². The number of likely N-dealkylation sites (tertiary alicyclic amines) is 1. The fraction of sp³-hybridized carbons (Fsp3) is 0.353. The molecule has 0 bridgehead atoms. The molecule has 2 saturated heterocycles. The fourth-order valence-electron chi connectivity index (χ4n) is 5.24. The van der Waals surface area contributed by atoms with Crippen LogP contribution in [0.5, 0.6) is 11.5 Å². The van der Waals surface area contributed by atoms with Crippen molar-refractivity contribution in [3.8, 4) is 11.5 Å². The van der Waals surface area contributed by atoms with Gasteiger partial charge in [0.1, 0.15) is 23.9 Å². The number of morpholine rings is 1. The molecule has 0 saturated carbocycles. The van der Waals surface area contributed by atoms with E-state index in [1.165, 1.54) is 0 Å². The number of hydrogen-bond donors (Lipinski definition) is 1. The number of amides is 1. The highest BCUT2D eigenvalue weighted by atomic mass is 16.5. The van der Waals surface area contributed by atoms with Gasteiger partial charge in [-0.05, 0) is 41.8 Å². The molecule has 1 unspecified atom stereocenters. The molecule has 0 radical (unpaired) electrons. The number of Topliss-reactive ketones (excluding diaryl/α,β-unsaturated/α-hetero) is 1. The molecule has 2 fully saturated rings. The smallest absolute Gasteiger partial charge is 0.295 e. The predicted molar refractivity (Wildman–Crippen MR) is 160 cm³/mol. The van der Waals surface area contributed by atoms with E-state index in [1.807, 2.05) is 60.7 Å². The molecule has 8 heteroatoms. The van der Waals surface area contributed by atoms with E-state index in [0.717, 1.165) is 37.1 Å². The third kappa shape index (κ3) is 7.01. The molecular formula is C34H38N2O6. The molecule has 0 spiro atoms. The Labute approximate surface area is 247 Å². The first-order valence-electron chi connectivity index (χ1n) is 14.6. The normalized spacial score (nSPS) is 18.8. The van der Waals surface area contributed by atoms with Crippen LogP contribution < -0.4 is 9.47 Å². The molecule has 42 heavy (non-hydrogen) atoms. The van der Waals surface area contributed by atoms with Gasteiger partial charge in [-0.25, -0.2) is 0 Å². The molecule has 2 aliphatic rings. The number of carbonyl (C=O) groups is 2. The second-order valence-electron chi connectivity index (χ2n) is 10.5. The monoisotopic (exact) mass is 570 g/mol. The van der Waals surface area contributed by atoms with E-state index in [2.05, 4.69) is 11.8 Å². The summed E-state index contributed by atoms with van der Waals surface area (Å²) in [6.45, 7) is 6.85. The Hall–Kier alpha value is -4.14. The van der Waals surface area contributed by atoms with Crippen molar-refractivity contribution in [2.75, 3.05) is 46.0 Å². The zero-order valence-electron chi connectivity index (χ0n) is 24.0. The molecule has 5 rings (SSSR count). The first-order chi connectivity index (χ1) is 20.5. The molecule has 2 heterocycles. The summed E-state index contributed by atoms with van der Waals surface area (Å²) in [7, 11) is 0. The van der Waals surface area contributed by atoms with Crippen molar-refractivity contribution in [2.24, 2.45) is 0 Å². The van der Waals surface area contributed by atoms with Crippen LogP contribution in [0.1, 0.15) is 42.5 Å². The van der Waals surface area contributed by atoms with Crippen LogP contribution in [-0.4, -0.2) is 72.6 Å². The average Bonchev–Trinajstić information content (AvgIpc) is 3.29. The van der Waals surface area contributed by atoms with E-state index in [4.69, 9.17) is 14.2 Å². The number of aliphatic hydroxyl groups excluding tert-OH is 1. The Morgan fingerprint density at radius 1 is 0.905 bits per heavy atom. The number of carbonyl (C=O) groups excluding carboxylic acids is 2. The molecule has 3 aromatic rings. The van der Waals surface area contributed by atoms with E-state index in [0.29, 0.717) is 56.6 Å². The van der Waals surface area contributed by atoms with Crippen LogP contribution in [0, 0.1) is 0 Å². The zero-order chi connectivity index (χ0) is 29.3. The second kappa shape index (κ2) is 14.2. The van der Waals surface area contributed by atoms with E-state index < -0.39 is 17.7 Å². The number of aliphatic hydroxyl groups is 1. The summed E-state index contributed by atoms with van der Waals surface area (Å²) < 4.78 is 17.2. The summed E-state index contributed by atoms with van der Waals surface area (Å²) in [5, 5.41) is 11.5. The van der Waals surface area contributed by atoms with Crippen molar-refractivity contribution in [1.29, 1.82) is 0 Å². The number of ether oxygens (including phenoxy) is 3. The van der Waals surface area contributed by atoms with Crippen molar-refractivity contribution in [3.63, 3.8) is 0 Å². The van der Waals surface area contributed by atoms with Crippen LogP contribution in [0.15, 0.2) is 84.4 Å². The Morgan fingerprint density at radius 2 is 1.67 bits per heavy atom. The minimum atomic E-state index is -0.737. The van der Waals surface area contributed by atoms with E-state index in [9.17, 15) is 14.7 Å². The largest absolute Gasteiger partial charge is 0.507 e. The Balaban J connectivity index is 1.44. The SMILES string of the molecule is CCCCOc1cccc(/C(O)=C2\C(=O)C(=O)N(CCN3CCOCC3)C2c2ccc(OCc3ccccc3)cc2)c1. The van der Waals surface area contributed by atoms with Crippen LogP contribution in [0.3, 0.4) is 0 Å². The lowest BCUT2D eigenvalue weighted by molar-refractivity contribution is -0.140. The maximum absolute atomic E-state index is 13.5. The fourth-order valence-corrected chi connectivity index (χ4v) is 5.24. The van der Waals surface area contributed by atoms with Gasteiger partial charge in [-0.1, -0.05) is 67.9 Å². The van der Waals surface area contributed by atoms with Crippen molar-refractivity contribution >= 4 is 17.4 Å². The lowest BCUT2D eigenvalue weighted by atomic mass is 9.95. The molecule has 1 N–H and O–H groups in total. The highest BCUT2D eigenvalue weighted by Crippen LogP contribution is 2.40. The molecule has 1 atom stereocenters. The number of hydrogen-bond acceptors (Lipinski definition) is 7. The summed E-state index contributed by atoms with van der Waals surface area (Å²) in [5.74, 6) is -0.247. The summed E-state index contributed by atoms with van der Waals surface area (Å²) in [6.07, 6.45) is 1.92. The van der Waals surface area contributed by atoms with Gasteiger partial charge in [0.25, 0.3) is 11.7 Å². The minimum Gasteiger partial charge on any atom is -0.507 e. The van der Waals surface area contributed by atoms with Gasteiger partial charge in [-0.3, -0.25) is 14.5 Å². The second-order valence-corrected chi connectivity index (χ2v) is 10.5. The minimum absolute atomic E-state index is 0.0747. The van der Waals surface area contributed by atoms with Crippen LogP contribution in [0.2, 0.25) is 0 Å². The van der Waals surface area contributed by atoms with Gasteiger partial charge < -0.3 is 24.2 Å². The average molecular weight is 571 g/mol. The summed E-state index contributed by atoms with van der Waals surface area (Å²) in [6, 6.07) is 23.6. The number of benzene rings is 3. The third-order valence-corrected chi connectivity index (χ3v) is 7.62. The van der Waals surface area contributed by atoms with Crippen LogP contribution in [0.25, 0.3) is 5.76 Å². The van der Waals surface area contributed by atoms with Crippen LogP contribution in [0.4, 0.5) is 0 Å². The van der Waals surface area contributed by atoms with Crippen LogP contribution in [-0.2, 0) is 20.9 Å². The molecular weight excluding hydrogens is 532 g/mol. The quantitative estimate of drug-likeness (QED) is 0.139. The van der Waals surface area contributed by atoms with E-state index in [1.54, 1.807) is 23.1 Å². The lowest BCUT2D eigenvalue weighted by Gasteiger charge is -2.31. The first kappa shape index (κ1) is 29.4. The highest BCUT2D eigenvalue weighted by molar-refractivity contribution is 6.46. The van der Waals surface area contributed by atoms with Gasteiger partial charge in [0.15, 0.2) is 0 Å². The van der Waals surface area contributed by atoms with Gasteiger partial charge in [0, 0.05) is 31.7 Å². The van der Waals surface area contributed by atoms with Gasteiger partial charge in [0.05, 0.1) is 31.4 Å². The molecule has 2 aliphatic heterocycles. The van der Waals surface area contributed by atoms with Gasteiger partial charge in [-0.15, -0.1) is 0 Å². The zero-order valence-corrected chi connectivity index (χ0v) is 24.0. The van der Waals surface area contributed by atoms with Gasteiger partial charge >= 0.3 is 0 Å². The van der Waals surface area contributed by atoms with Crippen molar-refractivity contribution in [1.82, 2.24) is 9.80 Å². The summed E-state index contributed by atoms with van der Waals surface area (Å²) in [4.78, 5) is 30.7. The van der Waals surface area contributed by atoms with Gasteiger partial charge in [-0.2, -0.15) is 0 Å². The number of ketones is 1. The maximum atomic E-state index is 13.5. The standard InChI is InChI=1S/C34H38N2O6/c1-2-3-20-41-29-11-7-10-27(23-29)32(37)30-31(36(34(39)33(30)38)17-16-35-18-21-40-22-19-35)26-12-14-28(15-13-26)42-24-25-8-5-4-6-9-25/h4-15,23,31,37H,2-3,16-22,24H2,1H3/b32-30+. The molecule has 0 aliphatic carbocycles. The van der Waals surface area contributed by atoms with Crippen molar-refractivity contribution in [2.45, 2.75) is 32.4 Å². The Kier molecular flexibility index (Phi) is 9.90.